The standard InChI is InChI=1S/C16H10ClN3O4/c17-11-4-6-12(7-5-11)19-15(21)14(18-16(19)22)9-10-2-1-3-13(8-10)20(23)24/h1-9H,(H,18,22)/b14-9+. The van der Waals surface area contributed by atoms with E-state index in [4.69, 9.17) is 11.6 Å². The summed E-state index contributed by atoms with van der Waals surface area (Å²) in [5.41, 5.74) is 0.751. The molecule has 7 nitrogen and oxygen atoms in total. The smallest absolute Gasteiger partial charge is 0.302 e. The van der Waals surface area contributed by atoms with E-state index in [0.717, 1.165) is 4.90 Å². The Balaban J connectivity index is 1.92. The predicted molar refractivity (Wildman–Crippen MR) is 88.5 cm³/mol. The van der Waals surface area contributed by atoms with Crippen LogP contribution in [0, 0.1) is 10.1 Å². The van der Waals surface area contributed by atoms with Gasteiger partial charge in [0.25, 0.3) is 11.6 Å². The van der Waals surface area contributed by atoms with Gasteiger partial charge >= 0.3 is 6.03 Å². The Morgan fingerprint density at radius 3 is 2.50 bits per heavy atom. The average Bonchev–Trinajstić information content (AvgIpc) is 2.83. The van der Waals surface area contributed by atoms with Crippen LogP contribution < -0.4 is 10.2 Å². The van der Waals surface area contributed by atoms with Gasteiger partial charge in [-0.2, -0.15) is 0 Å². The van der Waals surface area contributed by atoms with Crippen LogP contribution in [0.25, 0.3) is 6.08 Å². The van der Waals surface area contributed by atoms with Crippen LogP contribution in [-0.4, -0.2) is 16.9 Å². The number of carbonyl (C=O) groups is 2. The Kier molecular flexibility index (Phi) is 4.01. The molecule has 0 bridgehead atoms. The van der Waals surface area contributed by atoms with Gasteiger partial charge in [-0.15, -0.1) is 0 Å². The van der Waals surface area contributed by atoms with Crippen LogP contribution in [0.2, 0.25) is 5.02 Å². The van der Waals surface area contributed by atoms with Crippen LogP contribution in [0.3, 0.4) is 0 Å². The topological polar surface area (TPSA) is 92.5 Å². The van der Waals surface area contributed by atoms with E-state index < -0.39 is 16.9 Å². The number of nitrogens with zero attached hydrogens (tertiary/aromatic N) is 2. The minimum Gasteiger partial charge on any atom is -0.302 e. The summed E-state index contributed by atoms with van der Waals surface area (Å²) in [4.78, 5) is 35.7. The highest BCUT2D eigenvalue weighted by atomic mass is 35.5. The number of hydrogen-bond donors (Lipinski definition) is 1. The Bertz CT molecular complexity index is 877. The van der Waals surface area contributed by atoms with Gasteiger partial charge in [-0.1, -0.05) is 23.7 Å². The summed E-state index contributed by atoms with van der Waals surface area (Å²) in [5, 5.41) is 13.7. The second-order valence-electron chi connectivity index (χ2n) is 4.96. The van der Waals surface area contributed by atoms with Gasteiger partial charge in [-0.3, -0.25) is 14.9 Å². The lowest BCUT2D eigenvalue weighted by Crippen LogP contribution is -2.30. The van der Waals surface area contributed by atoms with Gasteiger partial charge in [-0.05, 0) is 35.9 Å². The monoisotopic (exact) mass is 343 g/mol. The van der Waals surface area contributed by atoms with Crippen LogP contribution >= 0.6 is 11.6 Å². The summed E-state index contributed by atoms with van der Waals surface area (Å²) in [5.74, 6) is -0.547. The van der Waals surface area contributed by atoms with Crippen molar-refractivity contribution in [2.24, 2.45) is 0 Å². The van der Waals surface area contributed by atoms with Crippen molar-refractivity contribution in [1.29, 1.82) is 0 Å². The molecule has 1 aliphatic rings. The minimum absolute atomic E-state index is 0.0375. The molecule has 0 atom stereocenters. The van der Waals surface area contributed by atoms with Crippen LogP contribution in [0.1, 0.15) is 5.56 Å². The third-order valence-corrected chi connectivity index (χ3v) is 3.61. The third-order valence-electron chi connectivity index (χ3n) is 3.36. The summed E-state index contributed by atoms with van der Waals surface area (Å²) < 4.78 is 0. The lowest BCUT2D eigenvalue weighted by atomic mass is 10.1. The fourth-order valence-corrected chi connectivity index (χ4v) is 2.38. The van der Waals surface area contributed by atoms with Crippen molar-refractivity contribution in [3.8, 4) is 0 Å². The third kappa shape index (κ3) is 2.97. The molecular formula is C16H10ClN3O4. The van der Waals surface area contributed by atoms with Gasteiger partial charge in [0.1, 0.15) is 5.70 Å². The number of rotatable bonds is 3. The van der Waals surface area contributed by atoms with Crippen molar-refractivity contribution >= 4 is 41.0 Å². The molecule has 0 unspecified atom stereocenters. The molecule has 1 fully saturated rings. The van der Waals surface area contributed by atoms with E-state index in [1.807, 2.05) is 0 Å². The predicted octanol–water partition coefficient (Wildman–Crippen LogP) is 3.35. The molecule has 8 heteroatoms. The van der Waals surface area contributed by atoms with E-state index in [-0.39, 0.29) is 11.4 Å². The van der Waals surface area contributed by atoms with E-state index in [1.165, 1.54) is 24.3 Å². The second-order valence-corrected chi connectivity index (χ2v) is 5.39. The van der Waals surface area contributed by atoms with Crippen molar-refractivity contribution in [3.05, 3.63) is 74.9 Å². The zero-order valence-corrected chi connectivity index (χ0v) is 12.9. The Morgan fingerprint density at radius 2 is 1.83 bits per heavy atom. The zero-order valence-electron chi connectivity index (χ0n) is 12.1. The van der Waals surface area contributed by atoms with Crippen molar-refractivity contribution < 1.29 is 14.5 Å². The molecule has 0 radical (unpaired) electrons. The SMILES string of the molecule is O=C1N/C(=C/c2cccc([N+](=O)[O-])c2)C(=O)N1c1ccc(Cl)cc1. The molecule has 1 heterocycles. The normalized spacial score (nSPS) is 15.7. The number of nitrogens with one attached hydrogen (secondary N) is 1. The van der Waals surface area contributed by atoms with E-state index in [2.05, 4.69) is 5.32 Å². The summed E-state index contributed by atoms with van der Waals surface area (Å²) >= 11 is 5.80. The molecule has 0 saturated carbocycles. The number of nitro benzene ring substituents is 1. The van der Waals surface area contributed by atoms with Gasteiger partial charge in [-0.25, -0.2) is 9.69 Å². The molecule has 3 amide bonds. The number of imide groups is 1. The van der Waals surface area contributed by atoms with Crippen LogP contribution in [0.5, 0.6) is 0 Å². The first-order valence-corrected chi connectivity index (χ1v) is 7.20. The molecule has 1 saturated heterocycles. The maximum Gasteiger partial charge on any atom is 0.333 e. The minimum atomic E-state index is -0.598. The van der Waals surface area contributed by atoms with E-state index >= 15 is 0 Å². The largest absolute Gasteiger partial charge is 0.333 e. The highest BCUT2D eigenvalue weighted by Gasteiger charge is 2.34. The molecule has 0 aliphatic carbocycles. The average molecular weight is 344 g/mol. The number of benzene rings is 2. The summed E-state index contributed by atoms with van der Waals surface area (Å²) in [6.07, 6.45) is 1.39. The van der Waals surface area contributed by atoms with E-state index in [1.54, 1.807) is 30.3 Å². The molecule has 3 rings (SSSR count). The number of non-ortho nitro benzene ring substituents is 1. The lowest BCUT2D eigenvalue weighted by Gasteiger charge is -2.11. The van der Waals surface area contributed by atoms with Crippen LogP contribution in [-0.2, 0) is 4.79 Å². The number of anilines is 1. The molecule has 120 valence electrons. The molecule has 1 aliphatic heterocycles. The first-order valence-electron chi connectivity index (χ1n) is 6.83. The Morgan fingerprint density at radius 1 is 1.12 bits per heavy atom. The van der Waals surface area contributed by atoms with Crippen molar-refractivity contribution in [1.82, 2.24) is 5.32 Å². The Hall–Kier alpha value is -3.19. The number of carbonyl (C=O) groups excluding carboxylic acids is 2. The number of hydrogen-bond acceptors (Lipinski definition) is 4. The molecule has 24 heavy (non-hydrogen) atoms. The highest BCUT2D eigenvalue weighted by molar-refractivity contribution is 6.31. The molecule has 0 aromatic heterocycles. The molecule has 2 aromatic rings. The summed E-state index contributed by atoms with van der Waals surface area (Å²) in [7, 11) is 0. The van der Waals surface area contributed by atoms with Crippen molar-refractivity contribution in [2.45, 2.75) is 0 Å². The van der Waals surface area contributed by atoms with Crippen LogP contribution in [0.15, 0.2) is 54.2 Å². The molecule has 2 aromatic carbocycles. The summed E-state index contributed by atoms with van der Waals surface area (Å²) in [6.45, 7) is 0. The van der Waals surface area contributed by atoms with Crippen molar-refractivity contribution in [3.63, 3.8) is 0 Å². The lowest BCUT2D eigenvalue weighted by molar-refractivity contribution is -0.384. The Labute approximate surface area is 141 Å². The van der Waals surface area contributed by atoms with Crippen molar-refractivity contribution in [2.75, 3.05) is 4.90 Å². The quantitative estimate of drug-likeness (QED) is 0.400. The fourth-order valence-electron chi connectivity index (χ4n) is 2.25. The number of nitro groups is 1. The van der Waals surface area contributed by atoms with Crippen LogP contribution in [0.4, 0.5) is 16.2 Å². The zero-order chi connectivity index (χ0) is 17.3. The van der Waals surface area contributed by atoms with Gasteiger partial charge in [0, 0.05) is 17.2 Å². The number of halogens is 1. The fraction of sp³-hybridized carbons (Fsp3) is 0. The van der Waals surface area contributed by atoms with Gasteiger partial charge in [0.05, 0.1) is 10.6 Å². The summed E-state index contributed by atoms with van der Waals surface area (Å²) in [6, 6.07) is 11.4. The van der Waals surface area contributed by atoms with E-state index in [0.29, 0.717) is 16.3 Å². The molecule has 1 N–H and O–H groups in total. The van der Waals surface area contributed by atoms with Gasteiger partial charge < -0.3 is 5.32 Å². The second kappa shape index (κ2) is 6.13. The molecule has 0 spiro atoms. The first kappa shape index (κ1) is 15.7. The maximum atomic E-state index is 12.4. The maximum absolute atomic E-state index is 12.4. The van der Waals surface area contributed by atoms with Gasteiger partial charge in [0.15, 0.2) is 0 Å². The number of urea groups is 1. The van der Waals surface area contributed by atoms with E-state index in [9.17, 15) is 19.7 Å². The molecular weight excluding hydrogens is 334 g/mol. The van der Waals surface area contributed by atoms with Gasteiger partial charge in [0.2, 0.25) is 0 Å². The first-order chi connectivity index (χ1) is 11.5. The highest BCUT2D eigenvalue weighted by Crippen LogP contribution is 2.24. The number of amides is 3.